The number of anilines is 1. The van der Waals surface area contributed by atoms with Crippen molar-refractivity contribution in [3.63, 3.8) is 0 Å². The standard InChI is InChI=1S/C26H27ClN6O3/c1-16(34)32-26(2,3)22-9-8-19(15-28-22)36-25-29-21-14-20(27)23(30-24(21)31-25)17-4-6-18(7-5-17)33-10-12-35-13-11-33/h4-9,14-15H,10-13H2,1-3H3,(H,32,34)(H,29,30,31). The summed E-state index contributed by atoms with van der Waals surface area (Å²) in [7, 11) is 0. The molecule has 0 atom stereocenters. The van der Waals surface area contributed by atoms with Gasteiger partial charge in [-0.2, -0.15) is 4.98 Å². The first-order chi connectivity index (χ1) is 17.3. The van der Waals surface area contributed by atoms with E-state index in [0.717, 1.165) is 37.6 Å². The summed E-state index contributed by atoms with van der Waals surface area (Å²) in [4.78, 5) is 30.4. The van der Waals surface area contributed by atoms with E-state index in [0.29, 0.717) is 33.3 Å². The fourth-order valence-electron chi connectivity index (χ4n) is 4.22. The lowest BCUT2D eigenvalue weighted by Gasteiger charge is -2.28. The zero-order valence-electron chi connectivity index (χ0n) is 20.3. The molecule has 0 spiro atoms. The maximum Gasteiger partial charge on any atom is 0.301 e. The number of halogens is 1. The van der Waals surface area contributed by atoms with E-state index in [9.17, 15) is 4.79 Å². The number of amides is 1. The summed E-state index contributed by atoms with van der Waals surface area (Å²) in [5.74, 6) is 0.379. The van der Waals surface area contributed by atoms with Crippen molar-refractivity contribution < 1.29 is 14.3 Å². The Bertz CT molecular complexity index is 1380. The molecule has 1 amide bonds. The Hall–Kier alpha value is -3.69. The molecule has 1 aliphatic heterocycles. The minimum Gasteiger partial charge on any atom is -0.424 e. The first-order valence-electron chi connectivity index (χ1n) is 11.7. The number of carbonyl (C=O) groups is 1. The summed E-state index contributed by atoms with van der Waals surface area (Å²) in [5.41, 5.74) is 3.99. The summed E-state index contributed by atoms with van der Waals surface area (Å²) in [6.07, 6.45) is 1.59. The lowest BCUT2D eigenvalue weighted by atomic mass is 10.00. The number of H-pyrrole nitrogens is 1. The number of imidazole rings is 1. The second-order valence-electron chi connectivity index (χ2n) is 9.17. The van der Waals surface area contributed by atoms with Crippen molar-refractivity contribution in [1.29, 1.82) is 0 Å². The molecule has 36 heavy (non-hydrogen) atoms. The predicted octanol–water partition coefficient (Wildman–Crippen LogP) is 4.67. The van der Waals surface area contributed by atoms with E-state index in [1.54, 1.807) is 18.3 Å². The van der Waals surface area contributed by atoms with Crippen molar-refractivity contribution in [2.45, 2.75) is 26.3 Å². The van der Waals surface area contributed by atoms with E-state index in [2.05, 4.69) is 42.3 Å². The highest BCUT2D eigenvalue weighted by Gasteiger charge is 2.23. The Morgan fingerprint density at radius 2 is 1.89 bits per heavy atom. The topological polar surface area (TPSA) is 105 Å². The molecule has 3 aromatic heterocycles. The largest absolute Gasteiger partial charge is 0.424 e. The van der Waals surface area contributed by atoms with Crippen LogP contribution in [0.15, 0.2) is 48.7 Å². The molecule has 0 unspecified atom stereocenters. The number of benzene rings is 1. The van der Waals surface area contributed by atoms with E-state index in [1.807, 2.05) is 32.0 Å². The number of ether oxygens (including phenoxy) is 2. The third-order valence-electron chi connectivity index (χ3n) is 6.00. The van der Waals surface area contributed by atoms with Crippen molar-refractivity contribution >= 4 is 34.4 Å². The molecule has 10 heteroatoms. The third kappa shape index (κ3) is 5.12. The van der Waals surface area contributed by atoms with Crippen molar-refractivity contribution in [2.75, 3.05) is 31.2 Å². The minimum absolute atomic E-state index is 0.122. The molecule has 4 aromatic rings. The molecule has 9 nitrogen and oxygen atoms in total. The second kappa shape index (κ2) is 9.75. The zero-order valence-corrected chi connectivity index (χ0v) is 21.1. The number of hydrogen-bond acceptors (Lipinski definition) is 7. The smallest absolute Gasteiger partial charge is 0.301 e. The highest BCUT2D eigenvalue weighted by Crippen LogP contribution is 2.32. The highest BCUT2D eigenvalue weighted by atomic mass is 35.5. The van der Waals surface area contributed by atoms with Gasteiger partial charge in [0.15, 0.2) is 5.65 Å². The van der Waals surface area contributed by atoms with Crippen molar-refractivity contribution in [2.24, 2.45) is 0 Å². The van der Waals surface area contributed by atoms with Gasteiger partial charge in [-0.3, -0.25) is 9.78 Å². The lowest BCUT2D eigenvalue weighted by Crippen LogP contribution is -2.40. The van der Waals surface area contributed by atoms with Gasteiger partial charge in [0.05, 0.1) is 46.9 Å². The van der Waals surface area contributed by atoms with E-state index in [1.165, 1.54) is 6.92 Å². The van der Waals surface area contributed by atoms with Crippen LogP contribution >= 0.6 is 11.6 Å². The quantitative estimate of drug-likeness (QED) is 0.391. The minimum atomic E-state index is -0.596. The van der Waals surface area contributed by atoms with Gasteiger partial charge in [-0.05, 0) is 44.2 Å². The van der Waals surface area contributed by atoms with Crippen molar-refractivity contribution in [3.05, 3.63) is 59.4 Å². The lowest BCUT2D eigenvalue weighted by molar-refractivity contribution is -0.120. The van der Waals surface area contributed by atoms with Crippen LogP contribution in [-0.4, -0.2) is 52.1 Å². The van der Waals surface area contributed by atoms with Crippen LogP contribution in [0.1, 0.15) is 26.5 Å². The zero-order chi connectivity index (χ0) is 25.3. The number of rotatable bonds is 6. The van der Waals surface area contributed by atoms with Gasteiger partial charge in [-0.15, -0.1) is 0 Å². The van der Waals surface area contributed by atoms with Crippen LogP contribution < -0.4 is 15.0 Å². The number of nitrogens with zero attached hydrogens (tertiary/aromatic N) is 4. The Kier molecular flexibility index (Phi) is 6.51. The maximum atomic E-state index is 11.4. The third-order valence-corrected chi connectivity index (χ3v) is 6.29. The number of fused-ring (bicyclic) bond motifs is 1. The van der Waals surface area contributed by atoms with Crippen LogP contribution in [-0.2, 0) is 15.1 Å². The van der Waals surface area contributed by atoms with Crippen LogP contribution in [0.5, 0.6) is 11.8 Å². The summed E-state index contributed by atoms with van der Waals surface area (Å²) in [5, 5.41) is 3.39. The molecule has 0 radical (unpaired) electrons. The van der Waals surface area contributed by atoms with Gasteiger partial charge in [0.1, 0.15) is 5.75 Å². The molecule has 0 saturated carbocycles. The molecular weight excluding hydrogens is 480 g/mol. The molecule has 1 fully saturated rings. The van der Waals surface area contributed by atoms with Gasteiger partial charge < -0.3 is 24.7 Å². The Labute approximate surface area is 213 Å². The summed E-state index contributed by atoms with van der Waals surface area (Å²) in [6, 6.07) is 13.9. The van der Waals surface area contributed by atoms with Crippen LogP contribution in [0.4, 0.5) is 5.69 Å². The maximum absolute atomic E-state index is 11.4. The molecule has 186 valence electrons. The van der Waals surface area contributed by atoms with Gasteiger partial charge in [-0.25, -0.2) is 4.98 Å². The summed E-state index contributed by atoms with van der Waals surface area (Å²) >= 11 is 6.57. The molecular formula is C26H27ClN6O3. The number of carbonyl (C=O) groups excluding carboxylic acids is 1. The monoisotopic (exact) mass is 506 g/mol. The predicted molar refractivity (Wildman–Crippen MR) is 139 cm³/mol. The van der Waals surface area contributed by atoms with Crippen LogP contribution in [0, 0.1) is 0 Å². The normalized spacial score (nSPS) is 14.2. The van der Waals surface area contributed by atoms with E-state index >= 15 is 0 Å². The number of aromatic nitrogens is 4. The van der Waals surface area contributed by atoms with Crippen LogP contribution in [0.3, 0.4) is 0 Å². The number of nitrogens with one attached hydrogen (secondary N) is 2. The van der Waals surface area contributed by atoms with Crippen LogP contribution in [0.25, 0.3) is 22.4 Å². The fourth-order valence-corrected chi connectivity index (χ4v) is 4.48. The van der Waals surface area contributed by atoms with Gasteiger partial charge in [-0.1, -0.05) is 23.7 Å². The first kappa shape index (κ1) is 24.0. The van der Waals surface area contributed by atoms with Crippen molar-refractivity contribution in [1.82, 2.24) is 25.3 Å². The summed E-state index contributed by atoms with van der Waals surface area (Å²) in [6.45, 7) is 8.50. The molecule has 4 heterocycles. The average Bonchev–Trinajstić information content (AvgIpc) is 3.24. The summed E-state index contributed by atoms with van der Waals surface area (Å²) < 4.78 is 11.3. The van der Waals surface area contributed by atoms with Crippen LogP contribution in [0.2, 0.25) is 5.02 Å². The number of morpholine rings is 1. The van der Waals surface area contributed by atoms with E-state index < -0.39 is 5.54 Å². The SMILES string of the molecule is CC(=O)NC(C)(C)c1ccc(Oc2nc3nc(-c4ccc(N5CCOCC5)cc4)c(Cl)cc3[nH]2)cn1. The molecule has 0 bridgehead atoms. The first-order valence-corrected chi connectivity index (χ1v) is 12.1. The van der Waals surface area contributed by atoms with Gasteiger partial charge in [0, 0.05) is 31.3 Å². The van der Waals surface area contributed by atoms with Gasteiger partial charge in [0.25, 0.3) is 0 Å². The van der Waals surface area contributed by atoms with Gasteiger partial charge in [0.2, 0.25) is 5.91 Å². The second-order valence-corrected chi connectivity index (χ2v) is 9.57. The fraction of sp³-hybridized carbons (Fsp3) is 0.308. The Morgan fingerprint density at radius 3 is 2.56 bits per heavy atom. The number of hydrogen-bond donors (Lipinski definition) is 2. The van der Waals surface area contributed by atoms with Gasteiger partial charge >= 0.3 is 6.01 Å². The highest BCUT2D eigenvalue weighted by molar-refractivity contribution is 6.33. The molecule has 1 aliphatic rings. The molecule has 1 aromatic carbocycles. The van der Waals surface area contributed by atoms with E-state index in [4.69, 9.17) is 21.1 Å². The molecule has 0 aliphatic carbocycles. The van der Waals surface area contributed by atoms with E-state index in [-0.39, 0.29) is 11.9 Å². The molecule has 1 saturated heterocycles. The molecule has 2 N–H and O–H groups in total. The molecule has 5 rings (SSSR count). The number of pyridine rings is 2. The Balaban J connectivity index is 1.34. The Morgan fingerprint density at radius 1 is 1.14 bits per heavy atom. The van der Waals surface area contributed by atoms with Crippen molar-refractivity contribution in [3.8, 4) is 23.0 Å². The average molecular weight is 507 g/mol. The number of aromatic amines is 1.